The van der Waals surface area contributed by atoms with Gasteiger partial charge in [-0.05, 0) is 129 Å². The molecule has 6 rings (SSSR count). The molecule has 0 spiro atoms. The maximum Gasteiger partial charge on any atom is 0.345 e. The van der Waals surface area contributed by atoms with Crippen LogP contribution in [-0.4, -0.2) is 39.7 Å². The molecule has 1 N–H and O–H groups in total. The Morgan fingerprint density at radius 3 is 2.33 bits per heavy atom. The van der Waals surface area contributed by atoms with Crippen molar-refractivity contribution >= 4 is 39.2 Å². The molecule has 2 aliphatic rings. The van der Waals surface area contributed by atoms with Crippen LogP contribution in [-0.2, 0) is 6.54 Å². The Bertz CT molecular complexity index is 1840. The van der Waals surface area contributed by atoms with E-state index in [4.69, 9.17) is 0 Å². The van der Waals surface area contributed by atoms with Crippen molar-refractivity contribution in [2.45, 2.75) is 117 Å². The Balaban J connectivity index is 0.000000357. The molecule has 1 saturated heterocycles. The smallest absolute Gasteiger partial charge is 0.345 e. The molecule has 2 aromatic carbocycles. The number of halogens is 1. The monoisotopic (exact) mass is 708 g/mol. The topological polar surface area (TPSA) is 45.5 Å². The molecule has 1 aliphatic heterocycles. The number of fused-ring (bicyclic) bond motifs is 1. The number of likely N-dealkylation sites (tertiary alicyclic amines) is 1. The summed E-state index contributed by atoms with van der Waals surface area (Å²) < 4.78 is 17.1. The van der Waals surface area contributed by atoms with Crippen LogP contribution in [0.25, 0.3) is 33.1 Å². The van der Waals surface area contributed by atoms with Crippen LogP contribution < -0.4 is 0 Å². The second-order valence-electron chi connectivity index (χ2n) is 14.7. The number of rotatable bonds is 13. The number of aryl methyl sites for hydroxylation is 1. The maximum absolute atomic E-state index is 13.7. The summed E-state index contributed by atoms with van der Waals surface area (Å²) in [6, 6.07) is 15.7. The minimum atomic E-state index is -0.879. The van der Waals surface area contributed by atoms with E-state index < -0.39 is 5.97 Å². The first-order chi connectivity index (χ1) is 24.6. The van der Waals surface area contributed by atoms with Gasteiger partial charge in [-0.1, -0.05) is 101 Å². The molecular weight excluding hydrogens is 652 g/mol. The minimum absolute atomic E-state index is 0.278. The van der Waals surface area contributed by atoms with Gasteiger partial charge in [-0.3, -0.25) is 0 Å². The van der Waals surface area contributed by atoms with Crippen molar-refractivity contribution in [3.63, 3.8) is 0 Å². The van der Waals surface area contributed by atoms with Gasteiger partial charge >= 0.3 is 5.97 Å². The number of thiophene rings is 1. The maximum atomic E-state index is 13.7. The van der Waals surface area contributed by atoms with Crippen molar-refractivity contribution < 1.29 is 14.3 Å². The molecule has 2 aromatic heterocycles. The quantitative estimate of drug-likeness (QED) is 0.111. The van der Waals surface area contributed by atoms with E-state index in [9.17, 15) is 14.3 Å². The Hall–Kier alpha value is -3.74. The van der Waals surface area contributed by atoms with Crippen molar-refractivity contribution in [3.05, 3.63) is 106 Å². The van der Waals surface area contributed by atoms with Gasteiger partial charge in [0.2, 0.25) is 0 Å². The van der Waals surface area contributed by atoms with E-state index in [1.165, 1.54) is 106 Å². The van der Waals surface area contributed by atoms with Crippen LogP contribution in [0.4, 0.5) is 4.39 Å². The summed E-state index contributed by atoms with van der Waals surface area (Å²) in [5.74, 6) is -0.758. The lowest BCUT2D eigenvalue weighted by atomic mass is 9.83. The number of aromatic nitrogens is 1. The predicted octanol–water partition coefficient (Wildman–Crippen LogP) is 12.9. The van der Waals surface area contributed by atoms with E-state index in [-0.39, 0.29) is 5.82 Å². The molecule has 0 amide bonds. The molecular formula is C45H57FN2O2S. The molecule has 51 heavy (non-hydrogen) atoms. The van der Waals surface area contributed by atoms with Crippen LogP contribution >= 0.6 is 11.3 Å². The van der Waals surface area contributed by atoms with Crippen molar-refractivity contribution in [1.82, 2.24) is 9.47 Å². The standard InChI is InChI=1S/C34H34FNO2S.C11H23N/c1-21(2)20-36-29-19-30(34(37)38)39-33(29)31(24-9-6-5-7-10-24)32(36)27-16-14-23(4)26(17-27)15-13-22(3)25-11-8-12-28(35)18-25;1-3-7-11(8-4-2)12-9-5-6-10-12/h8,11-19,24H,1,3,5-7,9-10,20H2,2,4H3,(H,37,38);11H,3-10H2,1-2H3/b15-13-;. The average Bonchev–Trinajstić information content (AvgIpc) is 3.86. The fourth-order valence-electron chi connectivity index (χ4n) is 7.99. The van der Waals surface area contributed by atoms with Crippen LogP contribution in [0.1, 0.15) is 129 Å². The average molecular weight is 709 g/mol. The van der Waals surface area contributed by atoms with E-state index in [0.717, 1.165) is 62.5 Å². The van der Waals surface area contributed by atoms with Crippen LogP contribution in [0.3, 0.4) is 0 Å². The molecule has 1 saturated carbocycles. The van der Waals surface area contributed by atoms with Gasteiger partial charge in [0.15, 0.2) is 0 Å². The zero-order chi connectivity index (χ0) is 36.5. The Morgan fingerprint density at radius 2 is 1.71 bits per heavy atom. The summed E-state index contributed by atoms with van der Waals surface area (Å²) in [5, 5.41) is 9.78. The second-order valence-corrected chi connectivity index (χ2v) is 15.7. The number of hydrogen-bond acceptors (Lipinski definition) is 3. The van der Waals surface area contributed by atoms with Gasteiger partial charge in [-0.15, -0.1) is 11.3 Å². The fraction of sp³-hybridized carbons (Fsp3) is 0.444. The van der Waals surface area contributed by atoms with Crippen LogP contribution in [0.15, 0.2) is 73.3 Å². The number of nitrogens with zero attached hydrogens (tertiary/aromatic N) is 2. The van der Waals surface area contributed by atoms with E-state index in [1.807, 2.05) is 31.2 Å². The van der Waals surface area contributed by atoms with E-state index in [2.05, 4.69) is 61.6 Å². The van der Waals surface area contributed by atoms with Crippen molar-refractivity contribution in [2.75, 3.05) is 13.1 Å². The summed E-state index contributed by atoms with van der Waals surface area (Å²) in [4.78, 5) is 15.0. The summed E-state index contributed by atoms with van der Waals surface area (Å²) >= 11 is 1.40. The van der Waals surface area contributed by atoms with Gasteiger partial charge < -0.3 is 14.6 Å². The molecule has 0 atom stereocenters. The van der Waals surface area contributed by atoms with E-state index >= 15 is 0 Å². The molecule has 0 radical (unpaired) electrons. The molecule has 3 heterocycles. The third kappa shape index (κ3) is 9.58. The molecule has 0 bridgehead atoms. The highest BCUT2D eigenvalue weighted by molar-refractivity contribution is 7.21. The SMILES string of the molecule is C=C(C)Cn1c(-c2ccc(C)c(/C=C\C(=C)c3cccc(F)c3)c2)c(C2CCCCC2)c2sc(C(=O)O)cc21.CCCC(CCC)N1CCCC1. The largest absolute Gasteiger partial charge is 0.477 e. The Kier molecular flexibility index (Phi) is 13.7. The number of carboxylic acids is 1. The number of benzene rings is 2. The fourth-order valence-corrected chi connectivity index (χ4v) is 9.12. The zero-order valence-corrected chi connectivity index (χ0v) is 32.1. The molecule has 0 unspecified atom stereocenters. The van der Waals surface area contributed by atoms with Crippen molar-refractivity contribution in [3.8, 4) is 11.3 Å². The summed E-state index contributed by atoms with van der Waals surface area (Å²) in [7, 11) is 0. The lowest BCUT2D eigenvalue weighted by Crippen LogP contribution is -2.32. The normalized spacial score (nSPS) is 15.5. The van der Waals surface area contributed by atoms with E-state index in [1.54, 1.807) is 6.07 Å². The summed E-state index contributed by atoms with van der Waals surface area (Å²) in [6.45, 7) is 20.4. The van der Waals surface area contributed by atoms with Crippen molar-refractivity contribution in [2.24, 2.45) is 0 Å². The van der Waals surface area contributed by atoms with Gasteiger partial charge in [0.05, 0.1) is 15.9 Å². The Labute approximate surface area is 309 Å². The lowest BCUT2D eigenvalue weighted by Gasteiger charge is -2.26. The predicted molar refractivity (Wildman–Crippen MR) is 216 cm³/mol. The molecule has 4 aromatic rings. The zero-order valence-electron chi connectivity index (χ0n) is 31.3. The highest BCUT2D eigenvalue weighted by atomic mass is 32.1. The molecule has 6 heteroatoms. The van der Waals surface area contributed by atoms with Crippen LogP contribution in [0.2, 0.25) is 0 Å². The highest BCUT2D eigenvalue weighted by Crippen LogP contribution is 2.47. The van der Waals surface area contributed by atoms with Gasteiger partial charge in [0.1, 0.15) is 10.7 Å². The lowest BCUT2D eigenvalue weighted by molar-refractivity contribution is 0.0702. The number of aromatic carboxylic acids is 1. The molecule has 272 valence electrons. The summed E-state index contributed by atoms with van der Waals surface area (Å²) in [5.41, 5.74) is 9.26. The number of carboxylic acid groups (broad SMARTS) is 1. The van der Waals surface area contributed by atoms with Gasteiger partial charge in [0.25, 0.3) is 0 Å². The van der Waals surface area contributed by atoms with Crippen molar-refractivity contribution in [1.29, 1.82) is 0 Å². The minimum Gasteiger partial charge on any atom is -0.477 e. The number of allylic oxidation sites excluding steroid dienone is 3. The van der Waals surface area contributed by atoms with E-state index in [0.29, 0.717) is 17.3 Å². The first-order valence-corrected chi connectivity index (χ1v) is 19.9. The third-order valence-corrected chi connectivity index (χ3v) is 11.7. The number of carbonyl (C=O) groups is 1. The summed E-state index contributed by atoms with van der Waals surface area (Å²) in [6.07, 6.45) is 18.2. The first-order valence-electron chi connectivity index (χ1n) is 19.1. The van der Waals surface area contributed by atoms with Crippen LogP contribution in [0.5, 0.6) is 0 Å². The Morgan fingerprint density at radius 1 is 1.00 bits per heavy atom. The molecule has 1 aliphatic carbocycles. The highest BCUT2D eigenvalue weighted by Gasteiger charge is 2.29. The molecule has 4 nitrogen and oxygen atoms in total. The van der Waals surface area contributed by atoms with Gasteiger partial charge in [-0.25, -0.2) is 9.18 Å². The number of hydrogen-bond donors (Lipinski definition) is 1. The van der Waals surface area contributed by atoms with Gasteiger partial charge in [-0.2, -0.15) is 0 Å². The molecule has 2 fully saturated rings. The first kappa shape index (κ1) is 38.5. The van der Waals surface area contributed by atoms with Gasteiger partial charge in [0, 0.05) is 12.6 Å². The second kappa shape index (κ2) is 18.1. The third-order valence-electron chi connectivity index (χ3n) is 10.5. The van der Waals surface area contributed by atoms with Crippen LogP contribution in [0, 0.1) is 12.7 Å².